The highest BCUT2D eigenvalue weighted by molar-refractivity contribution is 6.44. The van der Waals surface area contributed by atoms with Gasteiger partial charge < -0.3 is 20.1 Å². The number of benzene rings is 2. The Kier molecular flexibility index (Phi) is 6.66. The van der Waals surface area contributed by atoms with Crippen molar-refractivity contribution in [1.29, 1.82) is 0 Å². The molecule has 25 heavy (non-hydrogen) atoms. The van der Waals surface area contributed by atoms with Crippen LogP contribution in [0.2, 0.25) is 10.0 Å². The van der Waals surface area contributed by atoms with Crippen LogP contribution >= 0.6 is 23.2 Å². The average molecular weight is 391 g/mol. The van der Waals surface area contributed by atoms with E-state index in [1.54, 1.807) is 24.3 Å². The van der Waals surface area contributed by atoms with Crippen LogP contribution in [0.5, 0.6) is 11.5 Å². The van der Waals surface area contributed by atoms with Crippen LogP contribution in [-0.2, 0) is 4.79 Å². The molecule has 0 aliphatic heterocycles. The van der Waals surface area contributed by atoms with Gasteiger partial charge >= 0.3 is 6.61 Å². The number of hydrogen-bond acceptors (Lipinski definition) is 4. The average Bonchev–Trinajstić information content (AvgIpc) is 2.57. The maximum absolute atomic E-state index is 12.4. The molecule has 2 aromatic carbocycles. The third-order valence-electron chi connectivity index (χ3n) is 3.06. The summed E-state index contributed by atoms with van der Waals surface area (Å²) in [6, 6.07) is 9.18. The Morgan fingerprint density at radius 3 is 2.64 bits per heavy atom. The Bertz CT molecular complexity index is 760. The fourth-order valence-electron chi connectivity index (χ4n) is 1.95. The van der Waals surface area contributed by atoms with Crippen molar-refractivity contribution in [2.24, 2.45) is 0 Å². The highest BCUT2D eigenvalue weighted by Gasteiger charge is 2.12. The predicted molar refractivity (Wildman–Crippen MR) is 93.2 cm³/mol. The van der Waals surface area contributed by atoms with Crippen molar-refractivity contribution >= 4 is 40.5 Å². The van der Waals surface area contributed by atoms with Crippen LogP contribution in [0.3, 0.4) is 0 Å². The van der Waals surface area contributed by atoms with Gasteiger partial charge in [0.1, 0.15) is 0 Å². The zero-order chi connectivity index (χ0) is 18.4. The molecule has 0 atom stereocenters. The molecule has 0 radical (unpaired) electrons. The van der Waals surface area contributed by atoms with Crippen molar-refractivity contribution in [3.63, 3.8) is 0 Å². The zero-order valence-electron chi connectivity index (χ0n) is 13.0. The Balaban J connectivity index is 2.00. The van der Waals surface area contributed by atoms with Gasteiger partial charge in [-0.25, -0.2) is 0 Å². The molecule has 0 unspecified atom stereocenters. The molecule has 2 N–H and O–H groups in total. The van der Waals surface area contributed by atoms with Crippen molar-refractivity contribution < 1.29 is 23.0 Å². The summed E-state index contributed by atoms with van der Waals surface area (Å²) in [5, 5.41) is 5.94. The third-order valence-corrected chi connectivity index (χ3v) is 3.88. The molecular weight excluding hydrogens is 377 g/mol. The van der Waals surface area contributed by atoms with Gasteiger partial charge in [0, 0.05) is 11.8 Å². The van der Waals surface area contributed by atoms with E-state index >= 15 is 0 Å². The first-order chi connectivity index (χ1) is 11.9. The fourth-order valence-corrected chi connectivity index (χ4v) is 2.30. The van der Waals surface area contributed by atoms with Crippen LogP contribution in [0, 0.1) is 0 Å². The number of nitrogens with one attached hydrogen (secondary N) is 2. The van der Waals surface area contributed by atoms with Gasteiger partial charge in [-0.05, 0) is 24.3 Å². The summed E-state index contributed by atoms with van der Waals surface area (Å²) in [7, 11) is 1.34. The predicted octanol–water partition coefficient (Wildman–Crippen LogP) is 4.65. The molecule has 2 rings (SSSR count). The zero-order valence-corrected chi connectivity index (χ0v) is 14.5. The van der Waals surface area contributed by atoms with E-state index in [2.05, 4.69) is 15.4 Å². The number of amides is 1. The molecule has 0 spiro atoms. The highest BCUT2D eigenvalue weighted by atomic mass is 35.5. The van der Waals surface area contributed by atoms with E-state index in [-0.39, 0.29) is 23.1 Å². The summed E-state index contributed by atoms with van der Waals surface area (Å²) in [5.41, 5.74) is 0.779. The van der Waals surface area contributed by atoms with Gasteiger partial charge in [0.2, 0.25) is 5.91 Å². The first-order valence-corrected chi connectivity index (χ1v) is 7.77. The fraction of sp³-hybridized carbons (Fsp3) is 0.188. The van der Waals surface area contributed by atoms with E-state index in [4.69, 9.17) is 27.9 Å². The van der Waals surface area contributed by atoms with Crippen LogP contribution in [0.4, 0.5) is 20.2 Å². The number of anilines is 2. The molecule has 0 saturated carbocycles. The van der Waals surface area contributed by atoms with Crippen molar-refractivity contribution in [1.82, 2.24) is 0 Å². The minimum absolute atomic E-state index is 0.122. The summed E-state index contributed by atoms with van der Waals surface area (Å²) in [4.78, 5) is 12.0. The third kappa shape index (κ3) is 5.37. The summed E-state index contributed by atoms with van der Waals surface area (Å²) >= 11 is 11.9. The van der Waals surface area contributed by atoms with Crippen LogP contribution in [-0.4, -0.2) is 26.2 Å². The lowest BCUT2D eigenvalue weighted by Crippen LogP contribution is -2.22. The topological polar surface area (TPSA) is 59.6 Å². The van der Waals surface area contributed by atoms with E-state index in [9.17, 15) is 13.6 Å². The Hall–Kier alpha value is -2.25. The second-order valence-electron chi connectivity index (χ2n) is 4.75. The summed E-state index contributed by atoms with van der Waals surface area (Å²) in [5.74, 6) is -0.377. The molecular formula is C16H14Cl2F2N2O3. The molecule has 0 saturated heterocycles. The van der Waals surface area contributed by atoms with Crippen molar-refractivity contribution in [2.45, 2.75) is 6.61 Å². The maximum atomic E-state index is 12.4. The van der Waals surface area contributed by atoms with Crippen LogP contribution in [0.25, 0.3) is 0 Å². The quantitative estimate of drug-likeness (QED) is 0.721. The maximum Gasteiger partial charge on any atom is 0.387 e. The number of rotatable bonds is 7. The second kappa shape index (κ2) is 8.73. The minimum atomic E-state index is -2.99. The number of hydrogen-bond donors (Lipinski definition) is 2. The lowest BCUT2D eigenvalue weighted by molar-refractivity contribution is -0.114. The number of halogens is 4. The van der Waals surface area contributed by atoms with Crippen LogP contribution in [0.15, 0.2) is 36.4 Å². The largest absolute Gasteiger partial charge is 0.493 e. The van der Waals surface area contributed by atoms with Crippen molar-refractivity contribution in [2.75, 3.05) is 24.3 Å². The molecule has 0 bridgehead atoms. The van der Waals surface area contributed by atoms with Gasteiger partial charge in [-0.2, -0.15) is 8.78 Å². The number of ether oxygens (including phenoxy) is 2. The molecule has 0 aromatic heterocycles. The van der Waals surface area contributed by atoms with Gasteiger partial charge in [-0.1, -0.05) is 29.3 Å². The Morgan fingerprint density at radius 2 is 1.96 bits per heavy atom. The minimum Gasteiger partial charge on any atom is -0.493 e. The van der Waals surface area contributed by atoms with E-state index in [0.717, 1.165) is 0 Å². The van der Waals surface area contributed by atoms with Gasteiger partial charge in [0.25, 0.3) is 0 Å². The molecule has 5 nitrogen and oxygen atoms in total. The van der Waals surface area contributed by atoms with Gasteiger partial charge in [-0.15, -0.1) is 0 Å². The summed E-state index contributed by atoms with van der Waals surface area (Å²) < 4.78 is 34.1. The van der Waals surface area contributed by atoms with Gasteiger partial charge in [0.05, 0.1) is 29.4 Å². The van der Waals surface area contributed by atoms with Crippen LogP contribution < -0.4 is 20.1 Å². The molecule has 0 heterocycles. The van der Waals surface area contributed by atoms with E-state index in [1.165, 1.54) is 19.2 Å². The first-order valence-electron chi connectivity index (χ1n) is 7.01. The smallest absolute Gasteiger partial charge is 0.387 e. The van der Waals surface area contributed by atoms with Crippen LogP contribution in [0.1, 0.15) is 0 Å². The number of alkyl halides is 2. The lowest BCUT2D eigenvalue weighted by Gasteiger charge is -2.13. The van der Waals surface area contributed by atoms with Crippen molar-refractivity contribution in [3.8, 4) is 11.5 Å². The van der Waals surface area contributed by atoms with Gasteiger partial charge in [0.15, 0.2) is 11.5 Å². The lowest BCUT2D eigenvalue weighted by atomic mass is 10.2. The molecule has 2 aromatic rings. The number of carbonyl (C=O) groups excluding carboxylic acids is 1. The normalized spacial score (nSPS) is 10.5. The Labute approximate surface area is 152 Å². The molecule has 134 valence electrons. The Morgan fingerprint density at radius 1 is 1.20 bits per heavy atom. The molecule has 0 aliphatic rings. The summed E-state index contributed by atoms with van der Waals surface area (Å²) in [6.07, 6.45) is 0. The SMILES string of the molecule is COc1ccc(NCC(=O)Nc2cccc(Cl)c2Cl)cc1OC(F)F. The van der Waals surface area contributed by atoms with Gasteiger partial charge in [-0.3, -0.25) is 4.79 Å². The number of methoxy groups -OCH3 is 1. The molecule has 0 aliphatic carbocycles. The van der Waals surface area contributed by atoms with Crippen molar-refractivity contribution in [3.05, 3.63) is 46.4 Å². The summed E-state index contributed by atoms with van der Waals surface area (Å²) in [6.45, 7) is -3.11. The molecule has 1 amide bonds. The van der Waals surface area contributed by atoms with E-state index in [0.29, 0.717) is 16.4 Å². The monoisotopic (exact) mass is 390 g/mol. The van der Waals surface area contributed by atoms with E-state index in [1.807, 2.05) is 0 Å². The second-order valence-corrected chi connectivity index (χ2v) is 5.53. The first kappa shape index (κ1) is 19.1. The van der Waals surface area contributed by atoms with E-state index < -0.39 is 12.5 Å². The molecule has 0 fully saturated rings. The standard InChI is InChI=1S/C16H14Cl2F2N2O3/c1-24-12-6-5-9(7-13(12)25-16(19)20)21-8-14(23)22-11-4-2-3-10(17)15(11)18/h2-7,16,21H,8H2,1H3,(H,22,23). The number of carbonyl (C=O) groups is 1. The highest BCUT2D eigenvalue weighted by Crippen LogP contribution is 2.32. The molecule has 9 heteroatoms.